The highest BCUT2D eigenvalue weighted by Gasteiger charge is 2.07. The second-order valence-electron chi connectivity index (χ2n) is 2.09. The molecule has 0 saturated heterocycles. The van der Waals surface area contributed by atoms with Crippen LogP contribution in [0.1, 0.15) is 6.42 Å². The number of carbonyl (C=O) groups is 2. The lowest BCUT2D eigenvalue weighted by Crippen LogP contribution is -2.16. The zero-order valence-electron chi connectivity index (χ0n) is 6.07. The van der Waals surface area contributed by atoms with E-state index in [1.165, 1.54) is 12.3 Å². The minimum absolute atomic E-state index is 0.390. The van der Waals surface area contributed by atoms with Crippen LogP contribution in [0.5, 0.6) is 0 Å². The van der Waals surface area contributed by atoms with Crippen molar-refractivity contribution in [2.75, 3.05) is 5.32 Å². The Kier molecular flexibility index (Phi) is 2.42. The molecule has 1 rings (SSSR count). The van der Waals surface area contributed by atoms with Gasteiger partial charge in [0, 0.05) is 6.07 Å². The summed E-state index contributed by atoms with van der Waals surface area (Å²) in [5.74, 6) is -1.35. The van der Waals surface area contributed by atoms with E-state index < -0.39 is 18.3 Å². The molecule has 0 aromatic carbocycles. The molecule has 1 aromatic rings. The van der Waals surface area contributed by atoms with E-state index in [2.05, 4.69) is 15.5 Å². The zero-order chi connectivity index (χ0) is 8.97. The first kappa shape index (κ1) is 8.25. The molecule has 0 saturated carbocycles. The second-order valence-corrected chi connectivity index (χ2v) is 2.09. The van der Waals surface area contributed by atoms with E-state index in [9.17, 15) is 9.59 Å². The average Bonchev–Trinajstić information content (AvgIpc) is 2.37. The summed E-state index contributed by atoms with van der Waals surface area (Å²) in [6, 6.07) is 1.53. The van der Waals surface area contributed by atoms with Gasteiger partial charge in [-0.15, -0.1) is 0 Å². The molecule has 0 spiro atoms. The van der Waals surface area contributed by atoms with Crippen LogP contribution in [-0.2, 0) is 9.59 Å². The minimum Gasteiger partial charge on any atom is -0.481 e. The van der Waals surface area contributed by atoms with Gasteiger partial charge in [-0.25, -0.2) is 0 Å². The summed E-state index contributed by atoms with van der Waals surface area (Å²) < 4.78 is 0. The van der Waals surface area contributed by atoms with Crippen molar-refractivity contribution in [1.29, 1.82) is 0 Å². The van der Waals surface area contributed by atoms with Crippen LogP contribution < -0.4 is 5.32 Å². The number of carbonyl (C=O) groups excluding carboxylic acids is 1. The normalized spacial score (nSPS) is 9.33. The number of hydrogen-bond acceptors (Lipinski definition) is 3. The lowest BCUT2D eigenvalue weighted by atomic mass is 10.4. The van der Waals surface area contributed by atoms with Crippen molar-refractivity contribution >= 4 is 17.7 Å². The van der Waals surface area contributed by atoms with Crippen LogP contribution in [-0.4, -0.2) is 27.2 Å². The first-order valence-corrected chi connectivity index (χ1v) is 3.19. The number of carboxylic acids is 1. The highest BCUT2D eigenvalue weighted by atomic mass is 16.4. The Labute approximate surface area is 67.6 Å². The fourth-order valence-electron chi connectivity index (χ4n) is 0.657. The molecule has 0 unspecified atom stereocenters. The van der Waals surface area contributed by atoms with Gasteiger partial charge in [-0.05, 0) is 0 Å². The van der Waals surface area contributed by atoms with E-state index in [4.69, 9.17) is 5.11 Å². The zero-order valence-corrected chi connectivity index (χ0v) is 6.07. The summed E-state index contributed by atoms with van der Waals surface area (Å²) in [5, 5.41) is 16.6. The Hall–Kier alpha value is -1.85. The Balaban J connectivity index is 2.42. The summed E-state index contributed by atoms with van der Waals surface area (Å²) >= 11 is 0. The van der Waals surface area contributed by atoms with Gasteiger partial charge in [0.15, 0.2) is 0 Å². The number of amides is 1. The maximum absolute atomic E-state index is 10.8. The monoisotopic (exact) mass is 169 g/mol. The number of aliphatic carboxylic acids is 1. The lowest BCUT2D eigenvalue weighted by molar-refractivity contribution is -0.139. The molecule has 0 fully saturated rings. The van der Waals surface area contributed by atoms with Gasteiger partial charge in [0.1, 0.15) is 12.2 Å². The van der Waals surface area contributed by atoms with Crippen LogP contribution in [0.25, 0.3) is 0 Å². The predicted octanol–water partition coefficient (Wildman–Crippen LogP) is -0.177. The average molecular weight is 169 g/mol. The Morgan fingerprint density at radius 3 is 2.92 bits per heavy atom. The van der Waals surface area contributed by atoms with Gasteiger partial charge in [0.2, 0.25) is 5.91 Å². The van der Waals surface area contributed by atoms with Crippen LogP contribution in [0.3, 0.4) is 0 Å². The maximum atomic E-state index is 10.8. The van der Waals surface area contributed by atoms with E-state index in [1.807, 2.05) is 0 Å². The highest BCUT2D eigenvalue weighted by Crippen LogP contribution is 1.98. The summed E-state index contributed by atoms with van der Waals surface area (Å²) in [5.41, 5.74) is 0. The molecule has 0 aliphatic rings. The quantitative estimate of drug-likeness (QED) is 0.547. The van der Waals surface area contributed by atoms with Crippen LogP contribution >= 0.6 is 0 Å². The van der Waals surface area contributed by atoms with Crippen molar-refractivity contribution in [3.63, 3.8) is 0 Å². The molecule has 12 heavy (non-hydrogen) atoms. The topological polar surface area (TPSA) is 95.1 Å². The SMILES string of the molecule is O=C(O)CC(=O)Nc1ccn[nH]1. The number of carboxylic acid groups (broad SMARTS) is 1. The number of hydrogen-bond donors (Lipinski definition) is 3. The van der Waals surface area contributed by atoms with E-state index in [0.29, 0.717) is 5.82 Å². The molecule has 0 aliphatic heterocycles. The summed E-state index contributed by atoms with van der Waals surface area (Å²) in [7, 11) is 0. The molecule has 6 nitrogen and oxygen atoms in total. The Morgan fingerprint density at radius 1 is 1.67 bits per heavy atom. The molecule has 0 bridgehead atoms. The van der Waals surface area contributed by atoms with Gasteiger partial charge in [-0.2, -0.15) is 5.10 Å². The number of anilines is 1. The van der Waals surface area contributed by atoms with E-state index >= 15 is 0 Å². The molecule has 1 amide bonds. The fourth-order valence-corrected chi connectivity index (χ4v) is 0.657. The van der Waals surface area contributed by atoms with Crippen LogP contribution in [0.4, 0.5) is 5.82 Å². The van der Waals surface area contributed by atoms with Crippen LogP contribution in [0.2, 0.25) is 0 Å². The molecule has 0 atom stereocenters. The predicted molar refractivity (Wildman–Crippen MR) is 39.5 cm³/mol. The van der Waals surface area contributed by atoms with Crippen LogP contribution in [0.15, 0.2) is 12.3 Å². The Bertz CT molecular complexity index is 280. The second kappa shape index (κ2) is 3.51. The van der Waals surface area contributed by atoms with Crippen molar-refractivity contribution in [2.45, 2.75) is 6.42 Å². The van der Waals surface area contributed by atoms with E-state index in [-0.39, 0.29) is 0 Å². The number of H-pyrrole nitrogens is 1. The van der Waals surface area contributed by atoms with Gasteiger partial charge in [-0.1, -0.05) is 0 Å². The molecular weight excluding hydrogens is 162 g/mol. The number of rotatable bonds is 3. The highest BCUT2D eigenvalue weighted by molar-refractivity contribution is 6.00. The van der Waals surface area contributed by atoms with Gasteiger partial charge < -0.3 is 10.4 Å². The molecule has 64 valence electrons. The largest absolute Gasteiger partial charge is 0.481 e. The van der Waals surface area contributed by atoms with Crippen molar-refractivity contribution < 1.29 is 14.7 Å². The summed E-state index contributed by atoms with van der Waals surface area (Å²) in [6.07, 6.45) is 0.912. The third-order valence-corrected chi connectivity index (χ3v) is 1.09. The standard InChI is InChI=1S/C6H7N3O3/c10-5(3-6(11)12)8-4-1-2-7-9-4/h1-2H,3H2,(H,11,12)(H2,7,8,9,10). The third kappa shape index (κ3) is 2.41. The molecule has 6 heteroatoms. The van der Waals surface area contributed by atoms with E-state index in [1.54, 1.807) is 0 Å². The van der Waals surface area contributed by atoms with Gasteiger partial charge >= 0.3 is 5.97 Å². The Morgan fingerprint density at radius 2 is 2.42 bits per heavy atom. The molecular formula is C6H7N3O3. The number of nitrogens with one attached hydrogen (secondary N) is 2. The lowest BCUT2D eigenvalue weighted by Gasteiger charge is -1.97. The van der Waals surface area contributed by atoms with Crippen molar-refractivity contribution in [3.05, 3.63) is 12.3 Å². The number of nitrogens with zero attached hydrogens (tertiary/aromatic N) is 1. The molecule has 1 heterocycles. The first-order valence-electron chi connectivity index (χ1n) is 3.19. The third-order valence-electron chi connectivity index (χ3n) is 1.09. The van der Waals surface area contributed by atoms with Crippen molar-refractivity contribution in [2.24, 2.45) is 0 Å². The molecule has 3 N–H and O–H groups in total. The van der Waals surface area contributed by atoms with Crippen molar-refractivity contribution in [3.8, 4) is 0 Å². The first-order chi connectivity index (χ1) is 5.68. The summed E-state index contributed by atoms with van der Waals surface area (Å²) in [4.78, 5) is 20.8. The smallest absolute Gasteiger partial charge is 0.312 e. The number of aromatic nitrogens is 2. The summed E-state index contributed by atoms with van der Waals surface area (Å²) in [6.45, 7) is 0. The fraction of sp³-hybridized carbons (Fsp3) is 0.167. The van der Waals surface area contributed by atoms with Gasteiger partial charge in [0.05, 0.1) is 6.20 Å². The van der Waals surface area contributed by atoms with E-state index in [0.717, 1.165) is 0 Å². The van der Waals surface area contributed by atoms with Gasteiger partial charge in [0.25, 0.3) is 0 Å². The maximum Gasteiger partial charge on any atom is 0.312 e. The van der Waals surface area contributed by atoms with Gasteiger partial charge in [-0.3, -0.25) is 14.7 Å². The molecule has 0 aliphatic carbocycles. The van der Waals surface area contributed by atoms with Crippen LogP contribution in [0, 0.1) is 0 Å². The minimum atomic E-state index is -1.16. The van der Waals surface area contributed by atoms with Crippen molar-refractivity contribution in [1.82, 2.24) is 10.2 Å². The molecule has 0 radical (unpaired) electrons. The molecule has 1 aromatic heterocycles. The number of aromatic amines is 1.